The standard InChI is InChI=1S/C16H18N4O/c1-10-6-13(11(2)20(10)3)7-16(21)18-14-5-4-12-9-17-19-15(12)8-14/h4-6,8-9H,7H2,1-3H3,(H,17,19)(H,18,21). The van der Waals surface area contributed by atoms with E-state index in [1.54, 1.807) is 6.20 Å². The summed E-state index contributed by atoms with van der Waals surface area (Å²) in [6.45, 7) is 4.08. The van der Waals surface area contributed by atoms with Crippen molar-refractivity contribution in [3.05, 3.63) is 47.4 Å². The number of hydrogen-bond acceptors (Lipinski definition) is 2. The van der Waals surface area contributed by atoms with Crippen LogP contribution in [-0.4, -0.2) is 20.7 Å². The maximum absolute atomic E-state index is 12.2. The summed E-state index contributed by atoms with van der Waals surface area (Å²) in [4.78, 5) is 12.2. The highest BCUT2D eigenvalue weighted by molar-refractivity contribution is 5.94. The van der Waals surface area contributed by atoms with Crippen molar-refractivity contribution in [3.63, 3.8) is 0 Å². The molecular weight excluding hydrogens is 264 g/mol. The van der Waals surface area contributed by atoms with E-state index in [2.05, 4.69) is 26.1 Å². The predicted octanol–water partition coefficient (Wildman–Crippen LogP) is 2.70. The second kappa shape index (κ2) is 5.09. The number of aromatic nitrogens is 3. The molecule has 0 unspecified atom stereocenters. The van der Waals surface area contributed by atoms with E-state index in [9.17, 15) is 4.79 Å². The molecule has 0 aliphatic rings. The molecule has 5 nitrogen and oxygen atoms in total. The van der Waals surface area contributed by atoms with Gasteiger partial charge in [0.1, 0.15) is 0 Å². The van der Waals surface area contributed by atoms with E-state index in [4.69, 9.17) is 0 Å². The molecule has 0 spiro atoms. The SMILES string of the molecule is Cc1cc(CC(=O)Nc2ccc3cn[nH]c3c2)c(C)n1C. The van der Waals surface area contributed by atoms with Crippen molar-refractivity contribution in [2.24, 2.45) is 7.05 Å². The Morgan fingerprint density at radius 2 is 2.14 bits per heavy atom. The van der Waals surface area contributed by atoms with Crippen LogP contribution < -0.4 is 5.32 Å². The fourth-order valence-electron chi connectivity index (χ4n) is 2.51. The van der Waals surface area contributed by atoms with Crippen LogP contribution in [0.1, 0.15) is 17.0 Å². The predicted molar refractivity (Wildman–Crippen MR) is 83.3 cm³/mol. The number of benzene rings is 1. The summed E-state index contributed by atoms with van der Waals surface area (Å²) < 4.78 is 2.10. The van der Waals surface area contributed by atoms with Gasteiger partial charge in [0, 0.05) is 29.5 Å². The number of aryl methyl sites for hydroxylation is 1. The van der Waals surface area contributed by atoms with Crippen LogP contribution in [0.5, 0.6) is 0 Å². The van der Waals surface area contributed by atoms with Crippen molar-refractivity contribution in [3.8, 4) is 0 Å². The zero-order valence-corrected chi connectivity index (χ0v) is 12.4. The van der Waals surface area contributed by atoms with Gasteiger partial charge in [-0.25, -0.2) is 0 Å². The van der Waals surface area contributed by atoms with Gasteiger partial charge < -0.3 is 9.88 Å². The number of hydrogen-bond donors (Lipinski definition) is 2. The zero-order valence-electron chi connectivity index (χ0n) is 12.4. The first-order chi connectivity index (χ1) is 10.0. The molecule has 1 aromatic carbocycles. The van der Waals surface area contributed by atoms with Crippen LogP contribution in [0, 0.1) is 13.8 Å². The molecule has 0 aliphatic carbocycles. The third-order valence-electron chi connectivity index (χ3n) is 3.96. The molecule has 3 rings (SSSR count). The summed E-state index contributed by atoms with van der Waals surface area (Å²) in [5.74, 6) is -0.0115. The Balaban J connectivity index is 1.75. The Kier molecular flexibility index (Phi) is 3.25. The van der Waals surface area contributed by atoms with Crippen LogP contribution in [0.15, 0.2) is 30.5 Å². The maximum Gasteiger partial charge on any atom is 0.228 e. The molecule has 0 bridgehead atoms. The smallest absolute Gasteiger partial charge is 0.228 e. The van der Waals surface area contributed by atoms with Crippen molar-refractivity contribution < 1.29 is 4.79 Å². The second-order valence-corrected chi connectivity index (χ2v) is 5.35. The van der Waals surface area contributed by atoms with E-state index in [-0.39, 0.29) is 5.91 Å². The molecule has 0 saturated heterocycles. The number of rotatable bonds is 3. The summed E-state index contributed by atoms with van der Waals surface area (Å²) in [7, 11) is 2.01. The fraction of sp³-hybridized carbons (Fsp3) is 0.250. The highest BCUT2D eigenvalue weighted by Gasteiger charge is 2.11. The topological polar surface area (TPSA) is 62.7 Å². The highest BCUT2D eigenvalue weighted by Crippen LogP contribution is 2.18. The third-order valence-corrected chi connectivity index (χ3v) is 3.96. The maximum atomic E-state index is 12.2. The average Bonchev–Trinajstić information content (AvgIpc) is 3.00. The van der Waals surface area contributed by atoms with Gasteiger partial charge in [-0.1, -0.05) is 0 Å². The molecule has 5 heteroatoms. The highest BCUT2D eigenvalue weighted by atomic mass is 16.1. The third kappa shape index (κ3) is 2.54. The molecular formula is C16H18N4O. The number of amides is 1. The number of fused-ring (bicyclic) bond motifs is 1. The van der Waals surface area contributed by atoms with Crippen molar-refractivity contribution >= 4 is 22.5 Å². The molecule has 2 N–H and O–H groups in total. The van der Waals surface area contributed by atoms with E-state index in [0.717, 1.165) is 33.5 Å². The molecule has 3 aromatic rings. The van der Waals surface area contributed by atoms with Crippen molar-refractivity contribution in [2.45, 2.75) is 20.3 Å². The van der Waals surface area contributed by atoms with Crippen LogP contribution in [0.4, 0.5) is 5.69 Å². The van der Waals surface area contributed by atoms with Gasteiger partial charge in [-0.15, -0.1) is 0 Å². The molecule has 0 radical (unpaired) electrons. The lowest BCUT2D eigenvalue weighted by Crippen LogP contribution is -2.14. The molecule has 0 fully saturated rings. The fourth-order valence-corrected chi connectivity index (χ4v) is 2.51. The first-order valence-corrected chi connectivity index (χ1v) is 6.89. The number of nitrogens with one attached hydrogen (secondary N) is 2. The zero-order chi connectivity index (χ0) is 15.0. The Hall–Kier alpha value is -2.56. The lowest BCUT2D eigenvalue weighted by Gasteiger charge is -2.06. The Bertz CT molecular complexity index is 813. The van der Waals surface area contributed by atoms with E-state index in [1.807, 2.05) is 39.1 Å². The van der Waals surface area contributed by atoms with Gasteiger partial charge in [-0.3, -0.25) is 9.89 Å². The Labute approximate surface area is 123 Å². The molecule has 2 aromatic heterocycles. The minimum atomic E-state index is -0.0115. The number of aromatic amines is 1. The van der Waals surface area contributed by atoms with Crippen molar-refractivity contribution in [2.75, 3.05) is 5.32 Å². The van der Waals surface area contributed by atoms with Crippen LogP contribution in [-0.2, 0) is 18.3 Å². The Morgan fingerprint density at radius 1 is 1.33 bits per heavy atom. The van der Waals surface area contributed by atoms with Gasteiger partial charge in [0.15, 0.2) is 0 Å². The van der Waals surface area contributed by atoms with Crippen molar-refractivity contribution in [1.29, 1.82) is 0 Å². The molecule has 0 saturated carbocycles. The minimum Gasteiger partial charge on any atom is -0.352 e. The normalized spacial score (nSPS) is 11.0. The van der Waals surface area contributed by atoms with Crippen LogP contribution in [0.2, 0.25) is 0 Å². The lowest BCUT2D eigenvalue weighted by atomic mass is 10.1. The van der Waals surface area contributed by atoms with Gasteiger partial charge in [0.25, 0.3) is 0 Å². The summed E-state index contributed by atoms with van der Waals surface area (Å²) in [6, 6.07) is 7.78. The minimum absolute atomic E-state index is 0.0115. The average molecular weight is 282 g/mol. The number of carbonyl (C=O) groups is 1. The first-order valence-electron chi connectivity index (χ1n) is 6.89. The number of H-pyrrole nitrogens is 1. The van der Waals surface area contributed by atoms with Gasteiger partial charge in [0.05, 0.1) is 18.1 Å². The van der Waals surface area contributed by atoms with Gasteiger partial charge in [0.2, 0.25) is 5.91 Å². The van der Waals surface area contributed by atoms with Crippen LogP contribution in [0.3, 0.4) is 0 Å². The quantitative estimate of drug-likeness (QED) is 0.776. The molecule has 0 aliphatic heterocycles. The van der Waals surface area contributed by atoms with E-state index < -0.39 is 0 Å². The Morgan fingerprint density at radius 3 is 2.86 bits per heavy atom. The first kappa shape index (κ1) is 13.4. The monoisotopic (exact) mass is 282 g/mol. The van der Waals surface area contributed by atoms with Crippen LogP contribution in [0.25, 0.3) is 10.9 Å². The number of nitrogens with zero attached hydrogens (tertiary/aromatic N) is 2. The number of carbonyl (C=O) groups excluding carboxylic acids is 1. The van der Waals surface area contributed by atoms with Gasteiger partial charge >= 0.3 is 0 Å². The summed E-state index contributed by atoms with van der Waals surface area (Å²) in [6.07, 6.45) is 2.14. The van der Waals surface area contributed by atoms with Gasteiger partial charge in [-0.05, 0) is 43.7 Å². The summed E-state index contributed by atoms with van der Waals surface area (Å²) in [5, 5.41) is 10.8. The summed E-state index contributed by atoms with van der Waals surface area (Å²) >= 11 is 0. The molecule has 1 amide bonds. The summed E-state index contributed by atoms with van der Waals surface area (Å²) in [5.41, 5.74) is 5.05. The van der Waals surface area contributed by atoms with Gasteiger partial charge in [-0.2, -0.15) is 5.10 Å². The van der Waals surface area contributed by atoms with E-state index in [1.165, 1.54) is 0 Å². The van der Waals surface area contributed by atoms with Crippen molar-refractivity contribution in [1.82, 2.24) is 14.8 Å². The lowest BCUT2D eigenvalue weighted by molar-refractivity contribution is -0.115. The second-order valence-electron chi connectivity index (χ2n) is 5.35. The van der Waals surface area contributed by atoms with E-state index >= 15 is 0 Å². The molecule has 2 heterocycles. The molecule has 108 valence electrons. The largest absolute Gasteiger partial charge is 0.352 e. The molecule has 0 atom stereocenters. The van der Waals surface area contributed by atoms with E-state index in [0.29, 0.717) is 6.42 Å². The number of anilines is 1. The van der Waals surface area contributed by atoms with Crippen LogP contribution >= 0.6 is 0 Å². The molecule has 21 heavy (non-hydrogen) atoms.